The summed E-state index contributed by atoms with van der Waals surface area (Å²) in [6, 6.07) is 14.2. The Labute approximate surface area is 167 Å². The van der Waals surface area contributed by atoms with E-state index in [9.17, 15) is 4.79 Å². The van der Waals surface area contributed by atoms with Crippen molar-refractivity contribution in [3.8, 4) is 11.1 Å². The van der Waals surface area contributed by atoms with Gasteiger partial charge in [0.25, 0.3) is 0 Å². The van der Waals surface area contributed by atoms with E-state index in [4.69, 9.17) is 16.3 Å². The summed E-state index contributed by atoms with van der Waals surface area (Å²) in [5.74, 6) is 0.0438. The van der Waals surface area contributed by atoms with Gasteiger partial charge in [-0.25, -0.2) is 0 Å². The van der Waals surface area contributed by atoms with E-state index in [-0.39, 0.29) is 5.78 Å². The molecule has 2 nitrogen and oxygen atoms in total. The minimum absolute atomic E-state index is 0.0438. The Hall–Kier alpha value is -1.90. The molecule has 0 saturated heterocycles. The van der Waals surface area contributed by atoms with Gasteiger partial charge in [-0.05, 0) is 87.1 Å². The zero-order chi connectivity index (χ0) is 20.0. The van der Waals surface area contributed by atoms with Crippen molar-refractivity contribution in [2.75, 3.05) is 0 Å². The van der Waals surface area contributed by atoms with E-state index in [0.717, 1.165) is 34.3 Å². The normalized spacial score (nSPS) is 18.7. The van der Waals surface area contributed by atoms with Gasteiger partial charge in [0, 0.05) is 10.6 Å². The summed E-state index contributed by atoms with van der Waals surface area (Å²) in [6.07, 6.45) is 0.863. The third-order valence-electron chi connectivity index (χ3n) is 5.50. The number of halogens is 1. The van der Waals surface area contributed by atoms with Crippen LogP contribution in [-0.2, 0) is 16.0 Å². The molecule has 1 heterocycles. The molecule has 0 amide bonds. The van der Waals surface area contributed by atoms with E-state index in [2.05, 4.69) is 25.1 Å². The number of hydrogen-bond acceptors (Lipinski definition) is 2. The highest BCUT2D eigenvalue weighted by Gasteiger charge is 2.45. The van der Waals surface area contributed by atoms with Crippen molar-refractivity contribution in [2.24, 2.45) is 0 Å². The van der Waals surface area contributed by atoms with Crippen LogP contribution in [0.1, 0.15) is 52.7 Å². The molecule has 0 fully saturated rings. The lowest BCUT2D eigenvalue weighted by molar-refractivity contribution is -0.152. The smallest absolute Gasteiger partial charge is 0.194 e. The first kappa shape index (κ1) is 19.9. The van der Waals surface area contributed by atoms with E-state index >= 15 is 0 Å². The number of carbonyl (C=O) groups is 1. The maximum atomic E-state index is 13.3. The lowest BCUT2D eigenvalue weighted by Crippen LogP contribution is -2.49. The number of ketones is 1. The van der Waals surface area contributed by atoms with Crippen molar-refractivity contribution in [1.82, 2.24) is 0 Å². The molecule has 3 rings (SSSR count). The van der Waals surface area contributed by atoms with Gasteiger partial charge in [-0.15, -0.1) is 0 Å². The quantitative estimate of drug-likeness (QED) is 0.605. The highest BCUT2D eigenvalue weighted by atomic mass is 35.5. The Kier molecular flexibility index (Phi) is 5.09. The number of ether oxygens (including phenoxy) is 1. The third kappa shape index (κ3) is 3.61. The minimum Gasteiger partial charge on any atom is -0.357 e. The minimum atomic E-state index is -0.848. The Morgan fingerprint density at radius 1 is 0.926 bits per heavy atom. The molecule has 3 heteroatoms. The molecule has 0 radical (unpaired) electrons. The second-order valence-corrected chi connectivity index (χ2v) is 8.62. The third-order valence-corrected chi connectivity index (χ3v) is 5.75. The molecular weight excluding hydrogens is 356 g/mol. The first-order valence-corrected chi connectivity index (χ1v) is 9.80. The van der Waals surface area contributed by atoms with Crippen molar-refractivity contribution in [3.05, 3.63) is 64.2 Å². The van der Waals surface area contributed by atoms with Crippen LogP contribution in [0.5, 0.6) is 0 Å². The van der Waals surface area contributed by atoms with Gasteiger partial charge >= 0.3 is 0 Å². The standard InChI is InChI=1S/C24H27ClO2/c1-7-16-8-9-18(17-10-12-19(25)13-11-17)14-20(16)21-15(2)23(3,4)27-24(5,6)22(21)26/h8-14H,7H2,1-6H3. The van der Waals surface area contributed by atoms with Crippen molar-refractivity contribution in [2.45, 2.75) is 59.2 Å². The van der Waals surface area contributed by atoms with E-state index in [1.165, 1.54) is 5.56 Å². The summed E-state index contributed by atoms with van der Waals surface area (Å²) >= 11 is 6.03. The summed E-state index contributed by atoms with van der Waals surface area (Å²) in [5.41, 5.74) is 4.78. The average molecular weight is 383 g/mol. The topological polar surface area (TPSA) is 26.3 Å². The molecule has 27 heavy (non-hydrogen) atoms. The van der Waals surface area contributed by atoms with Gasteiger partial charge in [0.15, 0.2) is 5.78 Å². The van der Waals surface area contributed by atoms with Gasteiger partial charge in [0.05, 0.1) is 5.60 Å². The van der Waals surface area contributed by atoms with Crippen LogP contribution in [0.2, 0.25) is 5.02 Å². The summed E-state index contributed by atoms with van der Waals surface area (Å²) in [4.78, 5) is 13.3. The predicted molar refractivity (Wildman–Crippen MR) is 113 cm³/mol. The molecular formula is C24H27ClO2. The molecule has 0 aromatic heterocycles. The zero-order valence-electron chi connectivity index (χ0n) is 16.9. The molecule has 2 aromatic rings. The van der Waals surface area contributed by atoms with E-state index in [1.807, 2.05) is 58.9 Å². The summed E-state index contributed by atoms with van der Waals surface area (Å²) in [5, 5.41) is 0.714. The van der Waals surface area contributed by atoms with Gasteiger partial charge in [-0.2, -0.15) is 0 Å². The molecule has 1 aliphatic rings. The SMILES string of the molecule is CCc1ccc(-c2ccc(Cl)cc2)cc1C1=C(C)C(C)(C)OC(C)(C)C1=O. The average Bonchev–Trinajstić information content (AvgIpc) is 2.60. The fourth-order valence-corrected chi connectivity index (χ4v) is 3.92. The Bertz CT molecular complexity index is 918. The summed E-state index contributed by atoms with van der Waals surface area (Å²) in [6.45, 7) is 11.9. The molecule has 0 N–H and O–H groups in total. The van der Waals surface area contributed by atoms with Crippen molar-refractivity contribution in [3.63, 3.8) is 0 Å². The summed E-state index contributed by atoms with van der Waals surface area (Å²) in [7, 11) is 0. The van der Waals surface area contributed by atoms with E-state index in [1.54, 1.807) is 0 Å². The molecule has 0 bridgehead atoms. The molecule has 2 aromatic carbocycles. The van der Waals surface area contributed by atoms with Gasteiger partial charge < -0.3 is 4.74 Å². The van der Waals surface area contributed by atoms with Crippen LogP contribution < -0.4 is 0 Å². The lowest BCUT2D eigenvalue weighted by atomic mass is 9.77. The van der Waals surface area contributed by atoms with Crippen molar-refractivity contribution < 1.29 is 9.53 Å². The Balaban J connectivity index is 2.24. The first-order valence-electron chi connectivity index (χ1n) is 9.42. The van der Waals surface area contributed by atoms with Crippen LogP contribution in [-0.4, -0.2) is 17.0 Å². The second-order valence-electron chi connectivity index (χ2n) is 8.18. The Morgan fingerprint density at radius 2 is 1.52 bits per heavy atom. The van der Waals surface area contributed by atoms with Crippen molar-refractivity contribution in [1.29, 1.82) is 0 Å². The molecule has 0 unspecified atom stereocenters. The first-order chi connectivity index (χ1) is 12.6. The van der Waals surface area contributed by atoms with Crippen LogP contribution in [0.15, 0.2) is 48.0 Å². The molecule has 0 aliphatic carbocycles. The number of hydrogen-bond donors (Lipinski definition) is 0. The number of rotatable bonds is 3. The van der Waals surface area contributed by atoms with Crippen LogP contribution in [0.4, 0.5) is 0 Å². The maximum Gasteiger partial charge on any atom is 0.194 e. The predicted octanol–water partition coefficient (Wildman–Crippen LogP) is 6.50. The monoisotopic (exact) mass is 382 g/mol. The second kappa shape index (κ2) is 6.92. The van der Waals surface area contributed by atoms with Crippen LogP contribution >= 0.6 is 11.6 Å². The number of benzene rings is 2. The molecule has 1 aliphatic heterocycles. The fourth-order valence-electron chi connectivity index (χ4n) is 3.80. The highest BCUT2D eigenvalue weighted by molar-refractivity contribution is 6.30. The van der Waals surface area contributed by atoms with E-state index in [0.29, 0.717) is 5.02 Å². The van der Waals surface area contributed by atoms with Gasteiger partial charge in [0.1, 0.15) is 5.60 Å². The molecule has 0 spiro atoms. The zero-order valence-corrected chi connectivity index (χ0v) is 17.7. The largest absolute Gasteiger partial charge is 0.357 e. The van der Waals surface area contributed by atoms with Gasteiger partial charge in [-0.3, -0.25) is 4.79 Å². The van der Waals surface area contributed by atoms with Crippen LogP contribution in [0, 0.1) is 0 Å². The van der Waals surface area contributed by atoms with Gasteiger partial charge in [0.2, 0.25) is 0 Å². The van der Waals surface area contributed by atoms with Crippen molar-refractivity contribution >= 4 is 23.0 Å². The molecule has 0 saturated carbocycles. The lowest BCUT2D eigenvalue weighted by Gasteiger charge is -2.42. The highest BCUT2D eigenvalue weighted by Crippen LogP contribution is 2.42. The summed E-state index contributed by atoms with van der Waals surface area (Å²) < 4.78 is 6.12. The molecule has 142 valence electrons. The Morgan fingerprint density at radius 3 is 2.11 bits per heavy atom. The number of carbonyl (C=O) groups excluding carboxylic acids is 1. The van der Waals surface area contributed by atoms with Crippen LogP contribution in [0.25, 0.3) is 16.7 Å². The van der Waals surface area contributed by atoms with Gasteiger partial charge in [-0.1, -0.05) is 42.8 Å². The molecule has 0 atom stereocenters. The van der Waals surface area contributed by atoms with Crippen LogP contribution in [0.3, 0.4) is 0 Å². The number of Topliss-reactive ketones (excluding diaryl/α,β-unsaturated/α-hetero) is 1. The number of aryl methyl sites for hydroxylation is 1. The van der Waals surface area contributed by atoms with E-state index < -0.39 is 11.2 Å². The fraction of sp³-hybridized carbons (Fsp3) is 0.375. The maximum absolute atomic E-state index is 13.3.